The first-order chi connectivity index (χ1) is 9.17. The maximum atomic E-state index is 6.42. The molecular weight excluding hydrogens is 262 g/mol. The smallest absolute Gasteiger partial charge is 0.0850 e. The minimum atomic E-state index is 0.101. The molecule has 5 heteroatoms. The van der Waals surface area contributed by atoms with Crippen molar-refractivity contribution in [3.63, 3.8) is 0 Å². The molecule has 0 bridgehead atoms. The van der Waals surface area contributed by atoms with Crippen LogP contribution >= 0.6 is 11.6 Å². The zero-order chi connectivity index (χ0) is 13.8. The maximum Gasteiger partial charge on any atom is 0.0850 e. The second-order valence-corrected chi connectivity index (χ2v) is 5.60. The summed E-state index contributed by atoms with van der Waals surface area (Å²) in [5.74, 6) is 0.440. The number of hydrogen-bond donors (Lipinski definition) is 1. The normalized spacial score (nSPS) is 21.6. The van der Waals surface area contributed by atoms with Gasteiger partial charge in [0.05, 0.1) is 23.0 Å². The summed E-state index contributed by atoms with van der Waals surface area (Å²) in [6.07, 6.45) is 3.91. The number of nitrogens with zero attached hydrogens (tertiary/aromatic N) is 2. The van der Waals surface area contributed by atoms with Crippen molar-refractivity contribution in [1.29, 1.82) is 0 Å². The monoisotopic (exact) mass is 285 g/mol. The third-order valence-electron chi connectivity index (χ3n) is 3.92. The van der Waals surface area contributed by atoms with Gasteiger partial charge >= 0.3 is 0 Å². The quantitative estimate of drug-likeness (QED) is 0.904. The first-order valence-corrected chi connectivity index (χ1v) is 7.62. The van der Waals surface area contributed by atoms with Gasteiger partial charge in [-0.25, -0.2) is 0 Å². The van der Waals surface area contributed by atoms with E-state index in [9.17, 15) is 0 Å². The highest BCUT2D eigenvalue weighted by Gasteiger charge is 2.24. The van der Waals surface area contributed by atoms with Crippen LogP contribution in [0.25, 0.3) is 0 Å². The molecule has 0 amide bonds. The Morgan fingerprint density at radius 1 is 1.53 bits per heavy atom. The van der Waals surface area contributed by atoms with E-state index in [4.69, 9.17) is 22.1 Å². The highest BCUT2D eigenvalue weighted by molar-refractivity contribution is 6.31. The van der Waals surface area contributed by atoms with E-state index < -0.39 is 0 Å². The third-order valence-corrected chi connectivity index (χ3v) is 4.36. The molecule has 2 atom stereocenters. The highest BCUT2D eigenvalue weighted by Crippen LogP contribution is 2.25. The van der Waals surface area contributed by atoms with Crippen LogP contribution in [-0.2, 0) is 24.1 Å². The first-order valence-electron chi connectivity index (χ1n) is 7.24. The minimum Gasteiger partial charge on any atom is -0.381 e. The molecule has 2 heterocycles. The Kier molecular flexibility index (Phi) is 5.25. The fraction of sp³-hybridized carbons (Fsp3) is 0.786. The van der Waals surface area contributed by atoms with E-state index in [1.165, 1.54) is 0 Å². The molecule has 0 aromatic carbocycles. The summed E-state index contributed by atoms with van der Waals surface area (Å²) in [4.78, 5) is 0. The van der Waals surface area contributed by atoms with E-state index in [2.05, 4.69) is 18.9 Å². The van der Waals surface area contributed by atoms with Crippen molar-refractivity contribution >= 4 is 11.6 Å². The van der Waals surface area contributed by atoms with Crippen molar-refractivity contribution in [2.24, 2.45) is 11.7 Å². The van der Waals surface area contributed by atoms with Gasteiger partial charge in [-0.1, -0.05) is 18.5 Å². The van der Waals surface area contributed by atoms with Gasteiger partial charge in [0.25, 0.3) is 0 Å². The fourth-order valence-corrected chi connectivity index (χ4v) is 3.05. The lowest BCUT2D eigenvalue weighted by Gasteiger charge is -2.27. The topological polar surface area (TPSA) is 53.1 Å². The predicted molar refractivity (Wildman–Crippen MR) is 77.5 cm³/mol. The molecule has 19 heavy (non-hydrogen) atoms. The van der Waals surface area contributed by atoms with E-state index >= 15 is 0 Å². The van der Waals surface area contributed by atoms with Crippen LogP contribution < -0.4 is 5.73 Å². The Bertz CT molecular complexity index is 413. The average Bonchev–Trinajstić information content (AvgIpc) is 2.76. The maximum absolute atomic E-state index is 6.42. The molecule has 1 fully saturated rings. The Hall–Kier alpha value is -0.580. The molecule has 1 aromatic heterocycles. The number of rotatable bonds is 5. The molecule has 1 aromatic rings. The molecule has 0 saturated carbocycles. The number of aromatic nitrogens is 2. The first kappa shape index (κ1) is 14.8. The summed E-state index contributed by atoms with van der Waals surface area (Å²) >= 11 is 6.42. The van der Waals surface area contributed by atoms with E-state index in [-0.39, 0.29) is 6.04 Å². The van der Waals surface area contributed by atoms with Crippen LogP contribution in [0.3, 0.4) is 0 Å². The molecule has 1 aliphatic rings. The van der Waals surface area contributed by atoms with Crippen LogP contribution in [0.2, 0.25) is 5.02 Å². The molecule has 0 spiro atoms. The Labute approximate surface area is 120 Å². The molecule has 0 radical (unpaired) electrons. The van der Waals surface area contributed by atoms with Crippen molar-refractivity contribution < 1.29 is 4.74 Å². The average molecular weight is 286 g/mol. The second kappa shape index (κ2) is 6.73. The lowest BCUT2D eigenvalue weighted by molar-refractivity contribution is 0.0447. The van der Waals surface area contributed by atoms with Gasteiger partial charge in [-0.3, -0.25) is 4.68 Å². The zero-order valence-corrected chi connectivity index (χ0v) is 12.6. The molecule has 2 N–H and O–H groups in total. The summed E-state index contributed by atoms with van der Waals surface area (Å²) in [5, 5.41) is 5.35. The summed E-state index contributed by atoms with van der Waals surface area (Å²) in [7, 11) is 0. The standard InChI is InChI=1S/C14H24ClN3O/c1-3-12-14(15)13(18(4-2)17-12)8-11(16)10-6-5-7-19-9-10/h10-11H,3-9,16H2,1-2H3. The second-order valence-electron chi connectivity index (χ2n) is 5.22. The predicted octanol–water partition coefficient (Wildman–Crippen LogP) is 2.42. The van der Waals surface area contributed by atoms with Crippen LogP contribution in [0, 0.1) is 5.92 Å². The Balaban J connectivity index is 2.10. The molecule has 2 rings (SSSR count). The van der Waals surface area contributed by atoms with Crippen molar-refractivity contribution in [1.82, 2.24) is 9.78 Å². The molecule has 1 aliphatic heterocycles. The molecule has 2 unspecified atom stereocenters. The van der Waals surface area contributed by atoms with Gasteiger partial charge in [0.15, 0.2) is 0 Å². The molecule has 4 nitrogen and oxygen atoms in total. The summed E-state index contributed by atoms with van der Waals surface area (Å²) < 4.78 is 7.51. The van der Waals surface area contributed by atoms with Crippen molar-refractivity contribution in [3.05, 3.63) is 16.4 Å². The number of aryl methyl sites for hydroxylation is 2. The largest absolute Gasteiger partial charge is 0.381 e. The SMILES string of the molecule is CCc1nn(CC)c(CC(N)C2CCCOC2)c1Cl. The van der Waals surface area contributed by atoms with Crippen LogP contribution in [0.1, 0.15) is 38.1 Å². The lowest BCUT2D eigenvalue weighted by Crippen LogP contribution is -2.38. The number of halogens is 1. The van der Waals surface area contributed by atoms with Gasteiger partial charge in [0, 0.05) is 25.6 Å². The van der Waals surface area contributed by atoms with E-state index in [0.29, 0.717) is 5.92 Å². The third kappa shape index (κ3) is 3.30. The van der Waals surface area contributed by atoms with Gasteiger partial charge < -0.3 is 10.5 Å². The Morgan fingerprint density at radius 3 is 2.89 bits per heavy atom. The fourth-order valence-electron chi connectivity index (χ4n) is 2.71. The zero-order valence-electron chi connectivity index (χ0n) is 11.9. The van der Waals surface area contributed by atoms with Gasteiger partial charge in [-0.15, -0.1) is 0 Å². The van der Waals surface area contributed by atoms with Gasteiger partial charge in [-0.2, -0.15) is 5.10 Å². The summed E-state index contributed by atoms with van der Waals surface area (Å²) in [5.41, 5.74) is 8.40. The van der Waals surface area contributed by atoms with E-state index in [1.807, 2.05) is 4.68 Å². The summed E-state index contributed by atoms with van der Waals surface area (Å²) in [6.45, 7) is 6.65. The molecular formula is C14H24ClN3O. The van der Waals surface area contributed by atoms with Crippen molar-refractivity contribution in [2.45, 2.75) is 52.1 Å². The minimum absolute atomic E-state index is 0.101. The lowest BCUT2D eigenvalue weighted by atomic mass is 9.91. The number of nitrogens with two attached hydrogens (primary N) is 1. The number of hydrogen-bond acceptors (Lipinski definition) is 3. The van der Waals surface area contributed by atoms with Crippen LogP contribution in [0.5, 0.6) is 0 Å². The van der Waals surface area contributed by atoms with Crippen LogP contribution in [0.4, 0.5) is 0 Å². The van der Waals surface area contributed by atoms with Gasteiger partial charge in [0.2, 0.25) is 0 Å². The number of ether oxygens (including phenoxy) is 1. The molecule has 0 aliphatic carbocycles. The van der Waals surface area contributed by atoms with Crippen LogP contribution in [0.15, 0.2) is 0 Å². The molecule has 108 valence electrons. The molecule has 1 saturated heterocycles. The van der Waals surface area contributed by atoms with Crippen molar-refractivity contribution in [3.8, 4) is 0 Å². The highest BCUT2D eigenvalue weighted by atomic mass is 35.5. The van der Waals surface area contributed by atoms with E-state index in [1.54, 1.807) is 0 Å². The van der Waals surface area contributed by atoms with Crippen LogP contribution in [-0.4, -0.2) is 29.0 Å². The summed E-state index contributed by atoms with van der Waals surface area (Å²) in [6, 6.07) is 0.101. The van der Waals surface area contributed by atoms with E-state index in [0.717, 1.165) is 61.9 Å². The van der Waals surface area contributed by atoms with Gasteiger partial charge in [-0.05, 0) is 32.1 Å². The van der Waals surface area contributed by atoms with Crippen molar-refractivity contribution in [2.75, 3.05) is 13.2 Å². The Morgan fingerprint density at radius 2 is 2.32 bits per heavy atom. The van der Waals surface area contributed by atoms with Gasteiger partial charge in [0.1, 0.15) is 0 Å².